The van der Waals surface area contributed by atoms with Gasteiger partial charge in [0, 0.05) is 17.9 Å². The van der Waals surface area contributed by atoms with Gasteiger partial charge in [0.15, 0.2) is 11.3 Å². The SMILES string of the molecule is [C-]#[N+]c1ccc(-n2c(O)c3c(c2O)C2(C)OC3(CCOc3noc4ccc(Cl)cc34)CC2O)c2ccccc12. The Hall–Kier alpha value is -4.23. The van der Waals surface area contributed by atoms with Crippen molar-refractivity contribution in [2.75, 3.05) is 6.61 Å². The molecule has 0 amide bonds. The van der Waals surface area contributed by atoms with E-state index in [4.69, 9.17) is 32.2 Å². The number of fused-ring (bicyclic) bond motifs is 7. The van der Waals surface area contributed by atoms with Gasteiger partial charge in [-0.2, -0.15) is 0 Å². The van der Waals surface area contributed by atoms with E-state index >= 15 is 0 Å². The van der Waals surface area contributed by atoms with Crippen molar-refractivity contribution in [3.05, 3.63) is 82.2 Å². The van der Waals surface area contributed by atoms with Crippen LogP contribution in [0.25, 0.3) is 32.3 Å². The second-order valence-corrected chi connectivity index (χ2v) is 10.6. The van der Waals surface area contributed by atoms with Crippen LogP contribution in [0.15, 0.2) is 59.1 Å². The molecule has 2 aliphatic heterocycles. The van der Waals surface area contributed by atoms with Crippen LogP contribution in [-0.2, 0) is 15.9 Å². The number of hydrogen-bond acceptors (Lipinski definition) is 7. The molecule has 9 nitrogen and oxygen atoms in total. The van der Waals surface area contributed by atoms with E-state index in [9.17, 15) is 15.3 Å². The molecule has 0 radical (unpaired) electrons. The molecule has 5 aromatic rings. The number of hydrogen-bond donors (Lipinski definition) is 3. The lowest BCUT2D eigenvalue weighted by atomic mass is 9.76. The Morgan fingerprint density at radius 2 is 1.87 bits per heavy atom. The molecule has 0 aliphatic carbocycles. The Kier molecular flexibility index (Phi) is 4.98. The first kappa shape index (κ1) is 23.9. The molecular weight excluding hydrogens is 522 g/mol. The molecule has 1 fully saturated rings. The smallest absolute Gasteiger partial charge is 0.262 e. The Balaban J connectivity index is 1.30. The van der Waals surface area contributed by atoms with Gasteiger partial charge in [0.25, 0.3) is 5.88 Å². The standard InChI is InChI=1S/C29H22ClN3O6/c1-28-22(34)14-29(39-28,11-12-37-25-18-13-15(30)7-10-21(18)38-32-25)24-23(28)26(35)33(27(24)36)20-9-8-19(31-2)16-5-3-4-6-17(16)20/h3-10,13,22,34-36H,11-12,14H2,1H3. The quantitative estimate of drug-likeness (QED) is 0.231. The van der Waals surface area contributed by atoms with Gasteiger partial charge in [-0.15, -0.1) is 0 Å². The minimum Gasteiger partial charge on any atom is -0.494 e. The number of aromatic hydroxyl groups is 2. The van der Waals surface area contributed by atoms with Crippen molar-refractivity contribution in [3.8, 4) is 23.3 Å². The van der Waals surface area contributed by atoms with Crippen LogP contribution in [0.1, 0.15) is 30.9 Å². The van der Waals surface area contributed by atoms with E-state index in [1.54, 1.807) is 37.3 Å². The topological polar surface area (TPSA) is 114 Å². The first-order valence-corrected chi connectivity index (χ1v) is 12.8. The van der Waals surface area contributed by atoms with Crippen molar-refractivity contribution in [2.24, 2.45) is 0 Å². The van der Waals surface area contributed by atoms with Crippen molar-refractivity contribution in [1.29, 1.82) is 0 Å². The fraction of sp³-hybridized carbons (Fsp3) is 0.241. The Morgan fingerprint density at radius 3 is 2.67 bits per heavy atom. The van der Waals surface area contributed by atoms with E-state index in [1.807, 2.05) is 24.3 Å². The van der Waals surface area contributed by atoms with Crippen molar-refractivity contribution in [1.82, 2.24) is 9.72 Å². The highest BCUT2D eigenvalue weighted by atomic mass is 35.5. The minimum atomic E-state index is -1.23. The summed E-state index contributed by atoms with van der Waals surface area (Å²) in [5.41, 5.74) is -0.0701. The van der Waals surface area contributed by atoms with Crippen LogP contribution in [0.3, 0.4) is 0 Å². The molecule has 10 heteroatoms. The molecule has 3 atom stereocenters. The monoisotopic (exact) mass is 543 g/mol. The van der Waals surface area contributed by atoms with E-state index in [1.165, 1.54) is 4.57 Å². The number of aliphatic hydroxyl groups excluding tert-OH is 1. The van der Waals surface area contributed by atoms with Crippen LogP contribution in [0.2, 0.25) is 5.02 Å². The van der Waals surface area contributed by atoms with Gasteiger partial charge in [-0.3, -0.25) is 4.57 Å². The second kappa shape index (κ2) is 8.13. The minimum absolute atomic E-state index is 0.129. The third-order valence-electron chi connectivity index (χ3n) is 8.02. The highest BCUT2D eigenvalue weighted by Gasteiger charge is 2.66. The van der Waals surface area contributed by atoms with Crippen LogP contribution in [-0.4, -0.2) is 37.8 Å². The zero-order chi connectivity index (χ0) is 27.1. The highest BCUT2D eigenvalue weighted by molar-refractivity contribution is 6.31. The molecular formula is C29H22ClN3O6. The van der Waals surface area contributed by atoms with Crippen molar-refractivity contribution < 1.29 is 29.3 Å². The number of ether oxygens (including phenoxy) is 2. The predicted molar refractivity (Wildman–Crippen MR) is 143 cm³/mol. The zero-order valence-electron chi connectivity index (χ0n) is 20.7. The lowest BCUT2D eigenvalue weighted by Crippen LogP contribution is -2.33. The van der Waals surface area contributed by atoms with Crippen LogP contribution >= 0.6 is 11.6 Å². The molecule has 2 bridgehead atoms. The molecule has 2 aromatic heterocycles. The van der Waals surface area contributed by atoms with E-state index in [-0.39, 0.29) is 37.1 Å². The Morgan fingerprint density at radius 1 is 1.10 bits per heavy atom. The van der Waals surface area contributed by atoms with Crippen molar-refractivity contribution in [2.45, 2.75) is 37.1 Å². The maximum Gasteiger partial charge on any atom is 0.262 e. The molecule has 2 aliphatic rings. The number of halogens is 1. The zero-order valence-corrected chi connectivity index (χ0v) is 21.4. The van der Waals surface area contributed by atoms with Crippen molar-refractivity contribution in [3.63, 3.8) is 0 Å². The lowest BCUT2D eigenvalue weighted by molar-refractivity contribution is -0.107. The van der Waals surface area contributed by atoms with Crippen LogP contribution in [0, 0.1) is 6.57 Å². The lowest BCUT2D eigenvalue weighted by Gasteiger charge is -2.26. The highest BCUT2D eigenvalue weighted by Crippen LogP contribution is 2.65. The molecule has 3 aromatic carbocycles. The van der Waals surface area contributed by atoms with E-state index < -0.39 is 17.3 Å². The van der Waals surface area contributed by atoms with Crippen LogP contribution < -0.4 is 4.74 Å². The molecule has 7 rings (SSSR count). The fourth-order valence-corrected chi connectivity index (χ4v) is 6.39. The first-order valence-electron chi connectivity index (χ1n) is 12.4. The average Bonchev–Trinajstić information content (AvgIpc) is 3.60. The van der Waals surface area contributed by atoms with E-state index in [0.29, 0.717) is 49.3 Å². The normalized spacial score (nSPS) is 23.4. The van der Waals surface area contributed by atoms with Gasteiger partial charge in [-0.25, -0.2) is 4.85 Å². The van der Waals surface area contributed by atoms with Crippen molar-refractivity contribution >= 4 is 39.0 Å². The van der Waals surface area contributed by atoms with Crippen LogP contribution in [0.4, 0.5) is 5.69 Å². The summed E-state index contributed by atoms with van der Waals surface area (Å²) in [5.74, 6) is -0.124. The number of aliphatic hydroxyl groups is 1. The third-order valence-corrected chi connectivity index (χ3v) is 8.26. The largest absolute Gasteiger partial charge is 0.494 e. The van der Waals surface area contributed by atoms with Gasteiger partial charge in [-0.1, -0.05) is 41.9 Å². The molecule has 1 saturated heterocycles. The molecule has 4 heterocycles. The Bertz CT molecular complexity index is 1860. The van der Waals surface area contributed by atoms with Gasteiger partial charge in [0.05, 0.1) is 41.5 Å². The van der Waals surface area contributed by atoms with E-state index in [0.717, 1.165) is 0 Å². The summed E-state index contributed by atoms with van der Waals surface area (Å²) in [7, 11) is 0. The molecule has 39 heavy (non-hydrogen) atoms. The molecule has 3 N–H and O–H groups in total. The Labute approximate surface area is 227 Å². The fourth-order valence-electron chi connectivity index (χ4n) is 6.21. The number of rotatable bonds is 5. The molecule has 196 valence electrons. The summed E-state index contributed by atoms with van der Waals surface area (Å²) >= 11 is 6.12. The summed E-state index contributed by atoms with van der Waals surface area (Å²) in [4.78, 5) is 3.60. The molecule has 0 spiro atoms. The summed E-state index contributed by atoms with van der Waals surface area (Å²) in [6.07, 6.45) is -0.450. The maximum absolute atomic E-state index is 11.6. The number of aromatic nitrogens is 2. The van der Waals surface area contributed by atoms with Gasteiger partial charge in [0.1, 0.15) is 11.2 Å². The third kappa shape index (κ3) is 3.17. The summed E-state index contributed by atoms with van der Waals surface area (Å²) in [5, 5.41) is 40.7. The van der Waals surface area contributed by atoms with Gasteiger partial charge < -0.3 is 29.3 Å². The van der Waals surface area contributed by atoms with Crippen LogP contribution in [0.5, 0.6) is 17.6 Å². The van der Waals surface area contributed by atoms with E-state index in [2.05, 4.69) is 10.0 Å². The summed E-state index contributed by atoms with van der Waals surface area (Å²) in [6, 6.07) is 15.8. The summed E-state index contributed by atoms with van der Waals surface area (Å²) < 4.78 is 19.0. The number of benzene rings is 3. The average molecular weight is 544 g/mol. The molecule has 3 unspecified atom stereocenters. The second-order valence-electron chi connectivity index (χ2n) is 10.1. The maximum atomic E-state index is 11.6. The summed E-state index contributed by atoms with van der Waals surface area (Å²) in [6.45, 7) is 9.36. The predicted octanol–water partition coefficient (Wildman–Crippen LogP) is 6.06. The number of nitrogens with zero attached hydrogens (tertiary/aromatic N) is 3. The van der Waals surface area contributed by atoms with Gasteiger partial charge in [-0.05, 0) is 47.1 Å². The van der Waals surface area contributed by atoms with Gasteiger partial charge >= 0.3 is 0 Å². The first-order chi connectivity index (χ1) is 18.8. The molecule has 0 saturated carbocycles. The van der Waals surface area contributed by atoms with Gasteiger partial charge in [0.2, 0.25) is 11.8 Å².